The number of thiazole rings is 1. The molecule has 1 amide bonds. The first-order valence-electron chi connectivity index (χ1n) is 10.0. The van der Waals surface area contributed by atoms with E-state index in [9.17, 15) is 4.79 Å². The molecule has 0 atom stereocenters. The maximum Gasteiger partial charge on any atom is 0.247 e. The van der Waals surface area contributed by atoms with Gasteiger partial charge < -0.3 is 5.32 Å². The molecule has 3 heterocycles. The molecule has 0 saturated carbocycles. The van der Waals surface area contributed by atoms with Crippen molar-refractivity contribution in [2.24, 2.45) is 0 Å². The summed E-state index contributed by atoms with van der Waals surface area (Å²) in [5, 5.41) is 9.08. The smallest absolute Gasteiger partial charge is 0.247 e. The molecule has 5 rings (SSSR count). The van der Waals surface area contributed by atoms with Gasteiger partial charge in [0.25, 0.3) is 0 Å². The highest BCUT2D eigenvalue weighted by Crippen LogP contribution is 2.30. The number of pyridine rings is 1. The second kappa shape index (κ2) is 7.59. The van der Waals surface area contributed by atoms with Crippen molar-refractivity contribution in [1.29, 1.82) is 0 Å². The Hall–Kier alpha value is -3.58. The number of rotatable bonds is 4. The van der Waals surface area contributed by atoms with Gasteiger partial charge in [0, 0.05) is 11.6 Å². The molecule has 0 fully saturated rings. The van der Waals surface area contributed by atoms with E-state index in [1.54, 1.807) is 10.9 Å². The second-order valence-corrected chi connectivity index (χ2v) is 8.69. The third-order valence-electron chi connectivity index (χ3n) is 5.33. The fourth-order valence-corrected chi connectivity index (χ4v) is 4.76. The van der Waals surface area contributed by atoms with E-state index in [1.165, 1.54) is 16.9 Å². The molecule has 31 heavy (non-hydrogen) atoms. The monoisotopic (exact) mass is 427 g/mol. The summed E-state index contributed by atoms with van der Waals surface area (Å²) < 4.78 is 2.72. The highest BCUT2D eigenvalue weighted by atomic mass is 32.1. The average molecular weight is 428 g/mol. The Bertz CT molecular complexity index is 1430. The molecule has 0 aliphatic carbocycles. The lowest BCUT2D eigenvalue weighted by atomic mass is 10.0. The molecule has 0 bridgehead atoms. The summed E-state index contributed by atoms with van der Waals surface area (Å²) >= 11 is 1.47. The van der Waals surface area contributed by atoms with Crippen molar-refractivity contribution in [3.63, 3.8) is 0 Å². The topological polar surface area (TPSA) is 72.7 Å². The number of hydrogen-bond acceptors (Lipinski definition) is 5. The molecule has 5 aromatic rings. The molecule has 0 aliphatic heterocycles. The van der Waals surface area contributed by atoms with Crippen molar-refractivity contribution >= 4 is 43.6 Å². The van der Waals surface area contributed by atoms with Gasteiger partial charge in [-0.3, -0.25) is 4.79 Å². The SMILES string of the molecule is Cc1ccc(-c2ccnc3c2c(C)nn3CC(=O)Nc2nc3c(C)cccc3s2)cc1. The van der Waals surface area contributed by atoms with E-state index < -0.39 is 0 Å². The van der Waals surface area contributed by atoms with Crippen LogP contribution in [0, 0.1) is 20.8 Å². The van der Waals surface area contributed by atoms with Crippen LogP contribution < -0.4 is 5.32 Å². The van der Waals surface area contributed by atoms with Crippen LogP contribution >= 0.6 is 11.3 Å². The summed E-state index contributed by atoms with van der Waals surface area (Å²) in [6.07, 6.45) is 1.77. The Balaban J connectivity index is 1.45. The van der Waals surface area contributed by atoms with Gasteiger partial charge in [-0.15, -0.1) is 0 Å². The third-order valence-corrected chi connectivity index (χ3v) is 6.27. The largest absolute Gasteiger partial charge is 0.300 e. The van der Waals surface area contributed by atoms with Gasteiger partial charge >= 0.3 is 0 Å². The van der Waals surface area contributed by atoms with Crippen molar-refractivity contribution in [3.8, 4) is 11.1 Å². The van der Waals surface area contributed by atoms with Gasteiger partial charge in [-0.05, 0) is 49.6 Å². The summed E-state index contributed by atoms with van der Waals surface area (Å²) in [6.45, 7) is 6.11. The number of nitrogens with one attached hydrogen (secondary N) is 1. The van der Waals surface area contributed by atoms with Gasteiger partial charge in [-0.1, -0.05) is 53.3 Å². The predicted octanol–water partition coefficient (Wildman–Crippen LogP) is 5.27. The van der Waals surface area contributed by atoms with Gasteiger partial charge in [-0.2, -0.15) is 5.10 Å². The Kier molecular flexibility index (Phi) is 4.75. The van der Waals surface area contributed by atoms with Crippen molar-refractivity contribution in [1.82, 2.24) is 19.7 Å². The number of aromatic nitrogens is 4. The van der Waals surface area contributed by atoms with Crippen LogP contribution in [-0.2, 0) is 11.3 Å². The van der Waals surface area contributed by atoms with E-state index in [-0.39, 0.29) is 12.5 Å². The van der Waals surface area contributed by atoms with Crippen molar-refractivity contribution < 1.29 is 4.79 Å². The zero-order valence-corrected chi connectivity index (χ0v) is 18.3. The quantitative estimate of drug-likeness (QED) is 0.424. The van der Waals surface area contributed by atoms with Crippen LogP contribution in [0.1, 0.15) is 16.8 Å². The van der Waals surface area contributed by atoms with Crippen LogP contribution in [-0.4, -0.2) is 25.7 Å². The molecule has 0 unspecified atom stereocenters. The van der Waals surface area contributed by atoms with E-state index >= 15 is 0 Å². The van der Waals surface area contributed by atoms with Gasteiger partial charge in [0.15, 0.2) is 10.8 Å². The number of nitrogens with zero attached hydrogens (tertiary/aromatic N) is 4. The summed E-state index contributed by atoms with van der Waals surface area (Å²) in [4.78, 5) is 21.8. The normalized spacial score (nSPS) is 11.3. The minimum Gasteiger partial charge on any atom is -0.300 e. The van der Waals surface area contributed by atoms with E-state index in [1.807, 2.05) is 38.1 Å². The Morgan fingerprint density at radius 1 is 1.06 bits per heavy atom. The number of amides is 1. The molecule has 1 N–H and O–H groups in total. The van der Waals surface area contributed by atoms with E-state index in [4.69, 9.17) is 0 Å². The Morgan fingerprint density at radius 3 is 2.65 bits per heavy atom. The summed E-state index contributed by atoms with van der Waals surface area (Å²) in [5.41, 5.74) is 6.95. The van der Waals surface area contributed by atoms with Gasteiger partial charge in [0.2, 0.25) is 5.91 Å². The van der Waals surface area contributed by atoms with Crippen LogP contribution in [0.15, 0.2) is 54.7 Å². The number of benzene rings is 2. The average Bonchev–Trinajstić information content (AvgIpc) is 3.30. The van der Waals surface area contributed by atoms with Crippen molar-refractivity contribution in [3.05, 3.63) is 71.5 Å². The highest BCUT2D eigenvalue weighted by molar-refractivity contribution is 7.22. The fourth-order valence-electron chi connectivity index (χ4n) is 3.80. The zero-order valence-electron chi connectivity index (χ0n) is 17.5. The number of carbonyl (C=O) groups is 1. The molecule has 0 saturated heterocycles. The van der Waals surface area contributed by atoms with Gasteiger partial charge in [0.1, 0.15) is 6.54 Å². The van der Waals surface area contributed by atoms with Gasteiger partial charge in [-0.25, -0.2) is 14.6 Å². The number of aryl methyl sites for hydroxylation is 3. The van der Waals surface area contributed by atoms with E-state index in [0.29, 0.717) is 10.8 Å². The van der Waals surface area contributed by atoms with Crippen LogP contribution in [0.3, 0.4) is 0 Å². The molecule has 0 radical (unpaired) electrons. The number of hydrogen-bond donors (Lipinski definition) is 1. The fraction of sp³-hybridized carbons (Fsp3) is 0.167. The molecule has 3 aromatic heterocycles. The predicted molar refractivity (Wildman–Crippen MR) is 125 cm³/mol. The van der Waals surface area contributed by atoms with Crippen molar-refractivity contribution in [2.45, 2.75) is 27.3 Å². The Morgan fingerprint density at radius 2 is 1.87 bits per heavy atom. The molecule has 6 nitrogen and oxygen atoms in total. The molecule has 2 aromatic carbocycles. The summed E-state index contributed by atoms with van der Waals surface area (Å²) in [7, 11) is 0. The first-order valence-corrected chi connectivity index (χ1v) is 10.9. The molecule has 0 spiro atoms. The number of fused-ring (bicyclic) bond motifs is 2. The lowest BCUT2D eigenvalue weighted by Crippen LogP contribution is -2.19. The third kappa shape index (κ3) is 3.57. The number of para-hydroxylation sites is 1. The number of carbonyl (C=O) groups excluding carboxylic acids is 1. The Labute approximate surface area is 183 Å². The second-order valence-electron chi connectivity index (χ2n) is 7.66. The lowest BCUT2D eigenvalue weighted by molar-refractivity contribution is -0.116. The standard InChI is InChI=1S/C24H21N5OS/c1-14-7-9-17(10-8-14)18-11-12-25-23-21(18)16(3)28-29(23)13-20(30)26-24-27-22-15(2)5-4-6-19(22)31-24/h4-12H,13H2,1-3H3,(H,26,27,30). The van der Waals surface area contributed by atoms with E-state index in [2.05, 4.69) is 51.6 Å². The van der Waals surface area contributed by atoms with E-state index in [0.717, 1.165) is 38.0 Å². The first-order chi connectivity index (χ1) is 15.0. The molecular weight excluding hydrogens is 406 g/mol. The van der Waals surface area contributed by atoms with Crippen molar-refractivity contribution in [2.75, 3.05) is 5.32 Å². The van der Waals surface area contributed by atoms with Crippen LogP contribution in [0.25, 0.3) is 32.4 Å². The zero-order chi connectivity index (χ0) is 21.5. The van der Waals surface area contributed by atoms with Crippen LogP contribution in [0.4, 0.5) is 5.13 Å². The highest BCUT2D eigenvalue weighted by Gasteiger charge is 2.17. The first kappa shape index (κ1) is 19.4. The minimum absolute atomic E-state index is 0.0730. The van der Waals surface area contributed by atoms with Crippen LogP contribution in [0.2, 0.25) is 0 Å². The molecular formula is C24H21N5OS. The minimum atomic E-state index is -0.177. The lowest BCUT2D eigenvalue weighted by Gasteiger charge is -2.06. The molecule has 7 heteroatoms. The summed E-state index contributed by atoms with van der Waals surface area (Å²) in [6, 6.07) is 16.4. The maximum absolute atomic E-state index is 12.8. The summed E-state index contributed by atoms with van der Waals surface area (Å²) in [5.74, 6) is -0.177. The number of anilines is 1. The maximum atomic E-state index is 12.8. The molecule has 154 valence electrons. The van der Waals surface area contributed by atoms with Gasteiger partial charge in [0.05, 0.1) is 15.9 Å². The molecule has 0 aliphatic rings. The van der Waals surface area contributed by atoms with Crippen LogP contribution in [0.5, 0.6) is 0 Å².